The van der Waals surface area contributed by atoms with Gasteiger partial charge in [-0.1, -0.05) is 35.4 Å². The zero-order valence-corrected chi connectivity index (χ0v) is 11.9. The van der Waals surface area contributed by atoms with Crippen LogP contribution in [0.5, 0.6) is 0 Å². The largest absolute Gasteiger partial charge is 0.332 e. The number of aryl methyl sites for hydroxylation is 2. The van der Waals surface area contributed by atoms with E-state index in [9.17, 15) is 0 Å². The summed E-state index contributed by atoms with van der Waals surface area (Å²) in [5.41, 5.74) is 6.08. The van der Waals surface area contributed by atoms with Crippen LogP contribution < -0.4 is 10.2 Å². The maximum Gasteiger partial charge on any atom is 0.178 e. The van der Waals surface area contributed by atoms with Crippen LogP contribution in [0.1, 0.15) is 16.7 Å². The minimum Gasteiger partial charge on any atom is -0.332 e. The summed E-state index contributed by atoms with van der Waals surface area (Å²) in [4.78, 5) is 2.14. The van der Waals surface area contributed by atoms with Crippen LogP contribution in [-0.4, -0.2) is 5.11 Å². The summed E-state index contributed by atoms with van der Waals surface area (Å²) in [5, 5.41) is 4.07. The molecule has 2 aromatic carbocycles. The topological polar surface area (TPSA) is 15.3 Å². The van der Waals surface area contributed by atoms with Gasteiger partial charge in [-0.25, -0.2) is 0 Å². The minimum atomic E-state index is 0.764. The molecule has 0 spiro atoms. The Kier molecular flexibility index (Phi) is 2.99. The van der Waals surface area contributed by atoms with Crippen LogP contribution >= 0.6 is 12.2 Å². The van der Waals surface area contributed by atoms with Crippen molar-refractivity contribution in [2.24, 2.45) is 0 Å². The van der Waals surface area contributed by atoms with Gasteiger partial charge >= 0.3 is 0 Å². The Morgan fingerprint density at radius 3 is 2.42 bits per heavy atom. The van der Waals surface area contributed by atoms with Gasteiger partial charge in [0.05, 0.1) is 6.54 Å². The molecule has 0 saturated carbocycles. The van der Waals surface area contributed by atoms with Crippen LogP contribution in [0.25, 0.3) is 0 Å². The monoisotopic (exact) mass is 268 g/mol. The molecule has 0 bridgehead atoms. The van der Waals surface area contributed by atoms with Crippen molar-refractivity contribution in [1.82, 2.24) is 0 Å². The first-order chi connectivity index (χ1) is 9.13. The lowest BCUT2D eigenvalue weighted by Gasteiger charge is -2.32. The highest BCUT2D eigenvalue weighted by atomic mass is 32.1. The lowest BCUT2D eigenvalue weighted by Crippen LogP contribution is -2.38. The van der Waals surface area contributed by atoms with Gasteiger partial charge in [0.1, 0.15) is 0 Å². The fourth-order valence-electron chi connectivity index (χ4n) is 2.33. The summed E-state index contributed by atoms with van der Waals surface area (Å²) in [7, 11) is 0. The second-order valence-electron chi connectivity index (χ2n) is 5.01. The third-order valence-corrected chi connectivity index (χ3v) is 3.74. The van der Waals surface area contributed by atoms with Crippen LogP contribution in [0.2, 0.25) is 0 Å². The Hall–Kier alpha value is -1.87. The molecule has 0 unspecified atom stereocenters. The number of nitrogens with one attached hydrogen (secondary N) is 1. The quantitative estimate of drug-likeness (QED) is 0.786. The lowest BCUT2D eigenvalue weighted by molar-refractivity contribution is 0.991. The molecular formula is C16H16N2S. The van der Waals surface area contributed by atoms with Crippen molar-refractivity contribution in [3.8, 4) is 0 Å². The molecule has 0 fully saturated rings. The molecule has 2 aromatic rings. The van der Waals surface area contributed by atoms with Crippen molar-refractivity contribution < 1.29 is 0 Å². The first-order valence-corrected chi connectivity index (χ1v) is 6.79. The van der Waals surface area contributed by atoms with Crippen molar-refractivity contribution in [2.45, 2.75) is 20.4 Å². The molecule has 1 N–H and O–H groups in total. The molecule has 3 rings (SSSR count). The molecule has 0 saturated heterocycles. The summed E-state index contributed by atoms with van der Waals surface area (Å²) in [6.07, 6.45) is 0. The lowest BCUT2D eigenvalue weighted by atomic mass is 10.1. The van der Waals surface area contributed by atoms with E-state index in [0.717, 1.165) is 23.0 Å². The maximum absolute atomic E-state index is 5.47. The molecule has 96 valence electrons. The van der Waals surface area contributed by atoms with Crippen molar-refractivity contribution in [3.05, 3.63) is 59.2 Å². The highest BCUT2D eigenvalue weighted by Crippen LogP contribution is 2.28. The molecule has 2 nitrogen and oxygen atoms in total. The first kappa shape index (κ1) is 12.2. The predicted octanol–water partition coefficient (Wildman–Crippen LogP) is 4.02. The molecular weight excluding hydrogens is 252 g/mol. The standard InChI is InChI=1S/C16H16N2S/c1-11-3-6-14(7-4-11)18-10-13-9-12(2)5-8-15(13)17-16(18)19/h3-9H,10H2,1-2H3,(H,17,19). The van der Waals surface area contributed by atoms with Crippen molar-refractivity contribution in [3.63, 3.8) is 0 Å². The van der Waals surface area contributed by atoms with E-state index in [1.54, 1.807) is 0 Å². The fourth-order valence-corrected chi connectivity index (χ4v) is 2.61. The van der Waals surface area contributed by atoms with Gasteiger partial charge < -0.3 is 10.2 Å². The first-order valence-electron chi connectivity index (χ1n) is 6.38. The summed E-state index contributed by atoms with van der Waals surface area (Å²) in [6, 6.07) is 14.9. The number of fused-ring (bicyclic) bond motifs is 1. The molecule has 0 aliphatic carbocycles. The number of hydrogen-bond donors (Lipinski definition) is 1. The number of benzene rings is 2. The predicted molar refractivity (Wildman–Crippen MR) is 84.8 cm³/mol. The number of anilines is 2. The van der Waals surface area contributed by atoms with Crippen LogP contribution in [0.4, 0.5) is 11.4 Å². The average Bonchev–Trinajstić information content (AvgIpc) is 2.40. The Morgan fingerprint density at radius 2 is 1.68 bits per heavy atom. The van der Waals surface area contributed by atoms with E-state index in [4.69, 9.17) is 12.2 Å². The third kappa shape index (κ3) is 2.34. The zero-order chi connectivity index (χ0) is 13.4. The Morgan fingerprint density at radius 1 is 1.00 bits per heavy atom. The van der Waals surface area contributed by atoms with Crippen LogP contribution in [0.3, 0.4) is 0 Å². The Bertz CT molecular complexity index is 632. The molecule has 3 heteroatoms. The van der Waals surface area contributed by atoms with Gasteiger partial charge in [0.2, 0.25) is 0 Å². The van der Waals surface area contributed by atoms with Gasteiger partial charge in [0.25, 0.3) is 0 Å². The normalized spacial score (nSPS) is 14.0. The zero-order valence-electron chi connectivity index (χ0n) is 11.1. The molecule has 1 aliphatic heterocycles. The van der Waals surface area contributed by atoms with Gasteiger partial charge in [0.15, 0.2) is 5.11 Å². The van der Waals surface area contributed by atoms with Crippen LogP contribution in [0, 0.1) is 13.8 Å². The van der Waals surface area contributed by atoms with Crippen molar-refractivity contribution >= 4 is 28.7 Å². The third-order valence-electron chi connectivity index (χ3n) is 3.42. The molecule has 0 amide bonds. The molecule has 0 atom stereocenters. The Labute approximate surface area is 119 Å². The van der Waals surface area contributed by atoms with Gasteiger partial charge in [0, 0.05) is 11.4 Å². The van der Waals surface area contributed by atoms with E-state index in [1.807, 2.05) is 0 Å². The average molecular weight is 268 g/mol. The minimum absolute atomic E-state index is 0.764. The molecule has 0 aromatic heterocycles. The second-order valence-corrected chi connectivity index (χ2v) is 5.40. The van der Waals surface area contributed by atoms with Gasteiger partial charge in [-0.15, -0.1) is 0 Å². The number of thiocarbonyl (C=S) groups is 1. The highest BCUT2D eigenvalue weighted by Gasteiger charge is 2.20. The van der Waals surface area contributed by atoms with E-state index in [1.165, 1.54) is 16.7 Å². The van der Waals surface area contributed by atoms with E-state index in [2.05, 4.69) is 66.5 Å². The second kappa shape index (κ2) is 4.67. The number of nitrogens with zero attached hydrogens (tertiary/aromatic N) is 1. The van der Waals surface area contributed by atoms with E-state index >= 15 is 0 Å². The van der Waals surface area contributed by atoms with Crippen molar-refractivity contribution in [2.75, 3.05) is 10.2 Å². The van der Waals surface area contributed by atoms with Gasteiger partial charge in [-0.05, 0) is 49.8 Å². The smallest absolute Gasteiger partial charge is 0.178 e. The summed E-state index contributed by atoms with van der Waals surface area (Å²) < 4.78 is 0. The number of rotatable bonds is 1. The van der Waals surface area contributed by atoms with Crippen molar-refractivity contribution in [1.29, 1.82) is 0 Å². The van der Waals surface area contributed by atoms with E-state index in [0.29, 0.717) is 0 Å². The molecule has 1 aliphatic rings. The van der Waals surface area contributed by atoms with E-state index in [-0.39, 0.29) is 0 Å². The fraction of sp³-hybridized carbons (Fsp3) is 0.188. The highest BCUT2D eigenvalue weighted by molar-refractivity contribution is 7.80. The SMILES string of the molecule is Cc1ccc(N2Cc3cc(C)ccc3NC2=S)cc1. The molecule has 1 heterocycles. The van der Waals surface area contributed by atoms with Crippen LogP contribution in [-0.2, 0) is 6.54 Å². The van der Waals surface area contributed by atoms with Crippen LogP contribution in [0.15, 0.2) is 42.5 Å². The summed E-state index contributed by atoms with van der Waals surface area (Å²) >= 11 is 5.47. The maximum atomic E-state index is 5.47. The summed E-state index contributed by atoms with van der Waals surface area (Å²) in [6.45, 7) is 5.03. The van der Waals surface area contributed by atoms with Gasteiger partial charge in [-0.2, -0.15) is 0 Å². The molecule has 19 heavy (non-hydrogen) atoms. The Balaban J connectivity index is 1.96. The van der Waals surface area contributed by atoms with Gasteiger partial charge in [-0.3, -0.25) is 0 Å². The molecule has 0 radical (unpaired) electrons. The van der Waals surface area contributed by atoms with E-state index < -0.39 is 0 Å². The number of hydrogen-bond acceptors (Lipinski definition) is 1. The summed E-state index contributed by atoms with van der Waals surface area (Å²) in [5.74, 6) is 0.